The lowest BCUT2D eigenvalue weighted by atomic mass is 10.0. The van der Waals surface area contributed by atoms with Crippen molar-refractivity contribution in [1.82, 2.24) is 15.0 Å². The van der Waals surface area contributed by atoms with E-state index in [2.05, 4.69) is 15.0 Å². The number of aromatic nitrogens is 3. The molecule has 0 aliphatic carbocycles. The van der Waals surface area contributed by atoms with Crippen LogP contribution in [0.4, 0.5) is 4.39 Å². The summed E-state index contributed by atoms with van der Waals surface area (Å²) >= 11 is 1.62. The standard InChI is InChI=1S/C22H18FN3OS2/c1-29(27)18-8-2-15(3-9-18)14-28-21-12-19(22-24-10-11-25-22)20(13-26-21)16-4-6-17(23)7-5-16/h2-13H,14H2,1H3,(H,24,25). The second-order valence-electron chi connectivity index (χ2n) is 6.40. The number of rotatable bonds is 6. The van der Waals surface area contributed by atoms with E-state index in [9.17, 15) is 8.60 Å². The second kappa shape index (κ2) is 8.71. The summed E-state index contributed by atoms with van der Waals surface area (Å²) in [5.74, 6) is 1.21. The van der Waals surface area contributed by atoms with Crippen LogP contribution in [0.1, 0.15) is 5.56 Å². The van der Waals surface area contributed by atoms with Crippen molar-refractivity contribution in [2.24, 2.45) is 0 Å². The number of nitrogens with one attached hydrogen (secondary N) is 1. The van der Waals surface area contributed by atoms with Gasteiger partial charge in [0.1, 0.15) is 11.6 Å². The van der Waals surface area contributed by atoms with E-state index in [1.54, 1.807) is 48.7 Å². The molecule has 7 heteroatoms. The molecule has 0 fully saturated rings. The highest BCUT2D eigenvalue weighted by Crippen LogP contribution is 2.33. The second-order valence-corrected chi connectivity index (χ2v) is 8.77. The normalized spacial score (nSPS) is 12.1. The topological polar surface area (TPSA) is 58.6 Å². The Kier molecular flexibility index (Phi) is 5.87. The van der Waals surface area contributed by atoms with Crippen molar-refractivity contribution < 1.29 is 8.60 Å². The van der Waals surface area contributed by atoms with Gasteiger partial charge in [-0.3, -0.25) is 4.21 Å². The van der Waals surface area contributed by atoms with E-state index >= 15 is 0 Å². The van der Waals surface area contributed by atoms with E-state index < -0.39 is 10.8 Å². The Bertz CT molecular complexity index is 1130. The Morgan fingerprint density at radius 3 is 2.45 bits per heavy atom. The Labute approximate surface area is 175 Å². The molecule has 1 atom stereocenters. The molecule has 4 rings (SSSR count). The molecule has 1 unspecified atom stereocenters. The number of H-pyrrole nitrogens is 1. The SMILES string of the molecule is CS(=O)c1ccc(CSc2cc(-c3ncc[nH]3)c(-c3ccc(F)cc3)cn2)cc1. The number of pyridine rings is 1. The minimum Gasteiger partial charge on any atom is -0.345 e. The van der Waals surface area contributed by atoms with Crippen LogP contribution in [-0.2, 0) is 16.6 Å². The fraction of sp³-hybridized carbons (Fsp3) is 0.0909. The minimum atomic E-state index is -0.973. The number of thioether (sulfide) groups is 1. The molecule has 0 saturated carbocycles. The van der Waals surface area contributed by atoms with Crippen molar-refractivity contribution in [1.29, 1.82) is 0 Å². The first kappa shape index (κ1) is 19.5. The third-order valence-electron chi connectivity index (χ3n) is 4.43. The average Bonchev–Trinajstić information content (AvgIpc) is 3.28. The Hall–Kier alpha value is -2.77. The van der Waals surface area contributed by atoms with E-state index in [0.29, 0.717) is 0 Å². The molecular formula is C22H18FN3OS2. The van der Waals surface area contributed by atoms with Gasteiger partial charge >= 0.3 is 0 Å². The summed E-state index contributed by atoms with van der Waals surface area (Å²) in [6.45, 7) is 0. The molecule has 29 heavy (non-hydrogen) atoms. The maximum atomic E-state index is 13.3. The monoisotopic (exact) mass is 423 g/mol. The van der Waals surface area contributed by atoms with Crippen LogP contribution < -0.4 is 0 Å². The molecule has 0 saturated heterocycles. The Morgan fingerprint density at radius 1 is 1.03 bits per heavy atom. The van der Waals surface area contributed by atoms with E-state index in [0.717, 1.165) is 43.8 Å². The highest BCUT2D eigenvalue weighted by Gasteiger charge is 2.12. The largest absolute Gasteiger partial charge is 0.345 e. The summed E-state index contributed by atoms with van der Waals surface area (Å²) in [4.78, 5) is 12.9. The van der Waals surface area contributed by atoms with Crippen molar-refractivity contribution in [2.45, 2.75) is 15.7 Å². The summed E-state index contributed by atoms with van der Waals surface area (Å²) in [7, 11) is -0.973. The molecule has 0 radical (unpaired) electrons. The Morgan fingerprint density at radius 2 is 1.79 bits per heavy atom. The lowest BCUT2D eigenvalue weighted by Crippen LogP contribution is -1.92. The number of imidazole rings is 1. The van der Waals surface area contributed by atoms with Crippen LogP contribution in [0.5, 0.6) is 0 Å². The Balaban J connectivity index is 1.61. The van der Waals surface area contributed by atoms with Crippen molar-refractivity contribution >= 4 is 22.6 Å². The molecular weight excluding hydrogens is 405 g/mol. The van der Waals surface area contributed by atoms with Crippen LogP contribution in [0, 0.1) is 5.82 Å². The third kappa shape index (κ3) is 4.63. The van der Waals surface area contributed by atoms with Gasteiger partial charge in [-0.25, -0.2) is 14.4 Å². The smallest absolute Gasteiger partial charge is 0.138 e. The van der Waals surface area contributed by atoms with Crippen LogP contribution in [0.3, 0.4) is 0 Å². The highest BCUT2D eigenvalue weighted by atomic mass is 32.2. The van der Waals surface area contributed by atoms with Crippen molar-refractivity contribution in [3.8, 4) is 22.5 Å². The highest BCUT2D eigenvalue weighted by molar-refractivity contribution is 7.98. The molecule has 0 amide bonds. The number of nitrogens with zero attached hydrogens (tertiary/aromatic N) is 2. The summed E-state index contributed by atoms with van der Waals surface area (Å²) in [6, 6.07) is 16.1. The van der Waals surface area contributed by atoms with Gasteiger partial charge < -0.3 is 4.98 Å². The van der Waals surface area contributed by atoms with Gasteiger partial charge in [-0.15, -0.1) is 11.8 Å². The van der Waals surface area contributed by atoms with Gasteiger partial charge in [-0.2, -0.15) is 0 Å². The molecule has 0 aliphatic heterocycles. The maximum Gasteiger partial charge on any atom is 0.138 e. The molecule has 4 nitrogen and oxygen atoms in total. The molecule has 4 aromatic rings. The number of hydrogen-bond acceptors (Lipinski definition) is 4. The van der Waals surface area contributed by atoms with Gasteiger partial charge in [0.05, 0.1) is 5.03 Å². The lowest BCUT2D eigenvalue weighted by Gasteiger charge is -2.10. The van der Waals surface area contributed by atoms with Crippen LogP contribution >= 0.6 is 11.8 Å². The van der Waals surface area contributed by atoms with Gasteiger partial charge in [-0.05, 0) is 41.5 Å². The van der Waals surface area contributed by atoms with E-state index in [1.165, 1.54) is 12.1 Å². The van der Waals surface area contributed by atoms with Gasteiger partial charge in [0.15, 0.2) is 0 Å². The molecule has 0 aliphatic rings. The zero-order valence-electron chi connectivity index (χ0n) is 15.6. The molecule has 0 bridgehead atoms. The fourth-order valence-corrected chi connectivity index (χ4v) is 4.27. The number of aromatic amines is 1. The molecule has 2 aromatic carbocycles. The number of benzene rings is 2. The summed E-state index contributed by atoms with van der Waals surface area (Å²) < 4.78 is 24.8. The van der Waals surface area contributed by atoms with Gasteiger partial charge in [0.2, 0.25) is 0 Å². The first-order chi connectivity index (χ1) is 14.1. The van der Waals surface area contributed by atoms with Crippen LogP contribution in [0.15, 0.2) is 83.1 Å². The molecule has 1 N–H and O–H groups in total. The van der Waals surface area contributed by atoms with Crippen molar-refractivity contribution in [3.63, 3.8) is 0 Å². The summed E-state index contributed by atoms with van der Waals surface area (Å²) in [5, 5.41) is 0.866. The zero-order chi connectivity index (χ0) is 20.2. The predicted octanol–water partition coefficient (Wildman–Crippen LogP) is 5.31. The molecule has 0 spiro atoms. The number of halogens is 1. The van der Waals surface area contributed by atoms with Crippen molar-refractivity contribution in [2.75, 3.05) is 6.26 Å². The summed E-state index contributed by atoms with van der Waals surface area (Å²) in [6.07, 6.45) is 6.95. The number of hydrogen-bond donors (Lipinski definition) is 1. The quantitative estimate of drug-likeness (QED) is 0.427. The fourth-order valence-electron chi connectivity index (χ4n) is 2.92. The van der Waals surface area contributed by atoms with Crippen LogP contribution in [-0.4, -0.2) is 25.4 Å². The first-order valence-corrected chi connectivity index (χ1v) is 11.5. The van der Waals surface area contributed by atoms with E-state index in [1.807, 2.05) is 30.3 Å². The van der Waals surface area contributed by atoms with Crippen LogP contribution in [0.2, 0.25) is 0 Å². The minimum absolute atomic E-state index is 0.272. The molecule has 2 heterocycles. The van der Waals surface area contributed by atoms with Crippen molar-refractivity contribution in [3.05, 3.63) is 84.6 Å². The van der Waals surface area contributed by atoms with E-state index in [4.69, 9.17) is 0 Å². The third-order valence-corrected chi connectivity index (χ3v) is 6.36. The van der Waals surface area contributed by atoms with Gasteiger partial charge in [0, 0.05) is 57.4 Å². The maximum absolute atomic E-state index is 13.3. The summed E-state index contributed by atoms with van der Waals surface area (Å²) in [5.41, 5.74) is 3.81. The molecule has 2 aromatic heterocycles. The van der Waals surface area contributed by atoms with Crippen LogP contribution in [0.25, 0.3) is 22.5 Å². The average molecular weight is 424 g/mol. The lowest BCUT2D eigenvalue weighted by molar-refractivity contribution is 0.628. The first-order valence-electron chi connectivity index (χ1n) is 8.91. The molecule has 146 valence electrons. The van der Waals surface area contributed by atoms with Gasteiger partial charge in [0.25, 0.3) is 0 Å². The zero-order valence-corrected chi connectivity index (χ0v) is 17.3. The van der Waals surface area contributed by atoms with Gasteiger partial charge in [-0.1, -0.05) is 24.3 Å². The van der Waals surface area contributed by atoms with E-state index in [-0.39, 0.29) is 5.82 Å². The predicted molar refractivity (Wildman–Crippen MR) is 116 cm³/mol.